The van der Waals surface area contributed by atoms with Gasteiger partial charge in [0.1, 0.15) is 17.4 Å². The molecule has 0 unspecified atom stereocenters. The first kappa shape index (κ1) is 16.2. The van der Waals surface area contributed by atoms with Gasteiger partial charge in [0.25, 0.3) is 0 Å². The van der Waals surface area contributed by atoms with Gasteiger partial charge >= 0.3 is 0 Å². The molecule has 116 valence electrons. The molecule has 2 rings (SSSR count). The zero-order valence-corrected chi connectivity index (χ0v) is 13.0. The van der Waals surface area contributed by atoms with Crippen LogP contribution in [0.15, 0.2) is 42.5 Å². The summed E-state index contributed by atoms with van der Waals surface area (Å²) in [6.45, 7) is 1.93. The van der Waals surface area contributed by atoms with Gasteiger partial charge in [-0.25, -0.2) is 8.78 Å². The van der Waals surface area contributed by atoms with Gasteiger partial charge in [-0.3, -0.25) is 0 Å². The predicted octanol–water partition coefficient (Wildman–Crippen LogP) is 4.02. The number of nitrogens with one attached hydrogen (secondary N) is 2. The van der Waals surface area contributed by atoms with Gasteiger partial charge in [-0.2, -0.15) is 0 Å². The molecule has 0 saturated heterocycles. The number of rotatable bonds is 4. The van der Waals surface area contributed by atoms with Gasteiger partial charge in [0.15, 0.2) is 5.11 Å². The highest BCUT2D eigenvalue weighted by atomic mass is 32.1. The molecule has 0 radical (unpaired) electrons. The van der Waals surface area contributed by atoms with E-state index < -0.39 is 11.6 Å². The molecule has 0 amide bonds. The topological polar surface area (TPSA) is 33.3 Å². The fraction of sp³-hybridized carbons (Fsp3) is 0.188. The number of anilines is 1. The highest BCUT2D eigenvalue weighted by Crippen LogP contribution is 2.18. The zero-order chi connectivity index (χ0) is 16.1. The first-order valence-electron chi connectivity index (χ1n) is 6.66. The van der Waals surface area contributed by atoms with E-state index in [0.29, 0.717) is 0 Å². The highest BCUT2D eigenvalue weighted by Gasteiger charge is 2.09. The molecule has 2 N–H and O–H groups in total. The van der Waals surface area contributed by atoms with E-state index in [1.54, 1.807) is 7.11 Å². The fourth-order valence-electron chi connectivity index (χ4n) is 1.92. The maximum absolute atomic E-state index is 13.6. The summed E-state index contributed by atoms with van der Waals surface area (Å²) in [4.78, 5) is 0. The summed E-state index contributed by atoms with van der Waals surface area (Å²) in [5.74, 6) is -0.556. The minimum atomic E-state index is -0.693. The Hall–Kier alpha value is -2.21. The maximum Gasteiger partial charge on any atom is 0.171 e. The number of hydrogen-bond donors (Lipinski definition) is 2. The second-order valence-corrected chi connectivity index (χ2v) is 5.13. The largest absolute Gasteiger partial charge is 0.497 e. The summed E-state index contributed by atoms with van der Waals surface area (Å²) in [6, 6.07) is 10.7. The molecular formula is C16H16F2N2OS. The van der Waals surface area contributed by atoms with Crippen LogP contribution in [0.25, 0.3) is 0 Å². The van der Waals surface area contributed by atoms with Crippen LogP contribution in [0.3, 0.4) is 0 Å². The second kappa shape index (κ2) is 7.17. The van der Waals surface area contributed by atoms with Gasteiger partial charge in [-0.05, 0) is 49.0 Å². The Labute approximate surface area is 133 Å². The van der Waals surface area contributed by atoms with Crippen LogP contribution >= 0.6 is 12.2 Å². The van der Waals surface area contributed by atoms with Crippen molar-refractivity contribution in [1.29, 1.82) is 0 Å². The van der Waals surface area contributed by atoms with E-state index in [-0.39, 0.29) is 16.8 Å². The molecule has 0 fully saturated rings. The first-order chi connectivity index (χ1) is 10.5. The molecule has 0 bridgehead atoms. The number of methoxy groups -OCH3 is 1. The van der Waals surface area contributed by atoms with Gasteiger partial charge in [-0.1, -0.05) is 12.1 Å². The Bertz CT molecular complexity index is 662. The fourth-order valence-corrected chi connectivity index (χ4v) is 2.21. The third-order valence-corrected chi connectivity index (χ3v) is 3.36. The van der Waals surface area contributed by atoms with E-state index in [0.717, 1.165) is 17.4 Å². The third-order valence-electron chi connectivity index (χ3n) is 3.14. The standard InChI is InChI=1S/C16H16F2N2OS/c1-10(11-3-6-13(21-2)7-4-11)19-16(22)20-15-8-5-12(17)9-14(15)18/h3-10H,1-2H3,(H2,19,20,22)/t10-/m0/s1. The summed E-state index contributed by atoms with van der Waals surface area (Å²) in [5.41, 5.74) is 1.13. The molecule has 1 atom stereocenters. The molecule has 0 aliphatic carbocycles. The van der Waals surface area contributed by atoms with Gasteiger partial charge in [-0.15, -0.1) is 0 Å². The van der Waals surface area contributed by atoms with Crippen molar-refractivity contribution in [3.63, 3.8) is 0 Å². The highest BCUT2D eigenvalue weighted by molar-refractivity contribution is 7.80. The Morgan fingerprint density at radius 1 is 1.14 bits per heavy atom. The lowest BCUT2D eigenvalue weighted by Gasteiger charge is -2.18. The smallest absolute Gasteiger partial charge is 0.171 e. The van der Waals surface area contributed by atoms with Crippen LogP contribution in [-0.4, -0.2) is 12.2 Å². The van der Waals surface area contributed by atoms with Crippen molar-refractivity contribution in [3.8, 4) is 5.75 Å². The number of thiocarbonyl (C=S) groups is 1. The van der Waals surface area contributed by atoms with E-state index in [1.165, 1.54) is 12.1 Å². The monoisotopic (exact) mass is 322 g/mol. The molecule has 0 aliphatic heterocycles. The van der Waals surface area contributed by atoms with Crippen LogP contribution < -0.4 is 15.4 Å². The zero-order valence-electron chi connectivity index (χ0n) is 12.2. The third kappa shape index (κ3) is 4.14. The Balaban J connectivity index is 1.98. The van der Waals surface area contributed by atoms with E-state index in [1.807, 2.05) is 31.2 Å². The average Bonchev–Trinajstić information content (AvgIpc) is 2.50. The van der Waals surface area contributed by atoms with Crippen LogP contribution in [0.2, 0.25) is 0 Å². The average molecular weight is 322 g/mol. The Morgan fingerprint density at radius 2 is 1.82 bits per heavy atom. The molecule has 0 saturated carbocycles. The van der Waals surface area contributed by atoms with Crippen LogP contribution in [0.4, 0.5) is 14.5 Å². The number of benzene rings is 2. The van der Waals surface area contributed by atoms with E-state index >= 15 is 0 Å². The number of halogens is 2. The molecule has 0 aromatic heterocycles. The molecule has 0 spiro atoms. The molecule has 22 heavy (non-hydrogen) atoms. The van der Waals surface area contributed by atoms with Crippen LogP contribution in [0.5, 0.6) is 5.75 Å². The number of ether oxygens (including phenoxy) is 1. The SMILES string of the molecule is COc1ccc([C@H](C)NC(=S)Nc2ccc(F)cc2F)cc1. The Kier molecular flexibility index (Phi) is 5.27. The van der Waals surface area contributed by atoms with Crippen molar-refractivity contribution in [2.24, 2.45) is 0 Å². The second-order valence-electron chi connectivity index (χ2n) is 4.72. The van der Waals surface area contributed by atoms with Crippen LogP contribution in [0, 0.1) is 11.6 Å². The Morgan fingerprint density at radius 3 is 2.41 bits per heavy atom. The van der Waals surface area contributed by atoms with Gasteiger partial charge in [0.2, 0.25) is 0 Å². The summed E-state index contributed by atoms with van der Waals surface area (Å²) < 4.78 is 31.5. The van der Waals surface area contributed by atoms with Crippen molar-refractivity contribution >= 4 is 23.0 Å². The normalized spacial score (nSPS) is 11.6. The predicted molar refractivity (Wildman–Crippen MR) is 87.1 cm³/mol. The van der Waals surface area contributed by atoms with Crippen LogP contribution in [-0.2, 0) is 0 Å². The minimum absolute atomic E-state index is 0.0746. The van der Waals surface area contributed by atoms with Crippen molar-refractivity contribution in [3.05, 3.63) is 59.7 Å². The van der Waals surface area contributed by atoms with Crippen LogP contribution in [0.1, 0.15) is 18.5 Å². The summed E-state index contributed by atoms with van der Waals surface area (Å²) in [6.07, 6.45) is 0. The summed E-state index contributed by atoms with van der Waals surface area (Å²) in [5, 5.41) is 6.02. The van der Waals surface area contributed by atoms with Gasteiger partial charge < -0.3 is 15.4 Å². The minimum Gasteiger partial charge on any atom is -0.497 e. The lowest BCUT2D eigenvalue weighted by molar-refractivity contribution is 0.414. The molecular weight excluding hydrogens is 306 g/mol. The van der Waals surface area contributed by atoms with Gasteiger partial charge in [0, 0.05) is 6.07 Å². The van der Waals surface area contributed by atoms with Crippen molar-refractivity contribution < 1.29 is 13.5 Å². The number of hydrogen-bond acceptors (Lipinski definition) is 2. The van der Waals surface area contributed by atoms with Gasteiger partial charge in [0.05, 0.1) is 18.8 Å². The first-order valence-corrected chi connectivity index (χ1v) is 7.07. The lowest BCUT2D eigenvalue weighted by Crippen LogP contribution is -2.31. The van der Waals surface area contributed by atoms with Crippen molar-refractivity contribution in [1.82, 2.24) is 5.32 Å². The van der Waals surface area contributed by atoms with E-state index in [2.05, 4.69) is 10.6 Å². The molecule has 0 heterocycles. The maximum atomic E-state index is 13.6. The summed E-state index contributed by atoms with van der Waals surface area (Å²) in [7, 11) is 1.60. The van der Waals surface area contributed by atoms with E-state index in [9.17, 15) is 8.78 Å². The molecule has 2 aromatic carbocycles. The summed E-state index contributed by atoms with van der Waals surface area (Å²) >= 11 is 5.15. The molecule has 2 aromatic rings. The quantitative estimate of drug-likeness (QED) is 0.833. The van der Waals surface area contributed by atoms with E-state index in [4.69, 9.17) is 17.0 Å². The molecule has 3 nitrogen and oxygen atoms in total. The van der Waals surface area contributed by atoms with Crippen molar-refractivity contribution in [2.75, 3.05) is 12.4 Å². The lowest BCUT2D eigenvalue weighted by atomic mass is 10.1. The molecule has 0 aliphatic rings. The van der Waals surface area contributed by atoms with Crippen molar-refractivity contribution in [2.45, 2.75) is 13.0 Å². The molecule has 6 heteroatoms.